The van der Waals surface area contributed by atoms with Gasteiger partial charge in [-0.3, -0.25) is 4.98 Å². The van der Waals surface area contributed by atoms with Crippen molar-refractivity contribution in [2.75, 3.05) is 0 Å². The quantitative estimate of drug-likeness (QED) is 0.855. The molecule has 0 aliphatic carbocycles. The topological polar surface area (TPSA) is 33.1 Å². The summed E-state index contributed by atoms with van der Waals surface area (Å²) in [4.78, 5) is 4.30. The molecule has 1 aromatic heterocycles. The maximum absolute atomic E-state index is 13.1. The number of allylic oxidation sites excluding steroid dienone is 2. The summed E-state index contributed by atoms with van der Waals surface area (Å²) in [6.07, 6.45) is 8.37. The highest BCUT2D eigenvalue weighted by molar-refractivity contribution is 5.63. The van der Waals surface area contributed by atoms with E-state index in [-0.39, 0.29) is 5.82 Å². The Labute approximate surface area is 117 Å². The first-order valence-corrected chi connectivity index (χ1v) is 6.40. The van der Waals surface area contributed by atoms with Gasteiger partial charge in [-0.15, -0.1) is 0 Å². The fraction of sp³-hybridized carbons (Fsp3) is 0.118. The summed E-state index contributed by atoms with van der Waals surface area (Å²) in [5, 5.41) is 9.07. The van der Waals surface area contributed by atoms with Gasteiger partial charge in [0.1, 0.15) is 5.82 Å². The summed E-state index contributed by atoms with van der Waals surface area (Å²) in [6.45, 7) is 1.69. The maximum atomic E-state index is 13.1. The number of pyridine rings is 1. The lowest BCUT2D eigenvalue weighted by atomic mass is 10.1. The number of halogens is 1. The number of nitrogens with zero attached hydrogens (tertiary/aromatic N) is 1. The van der Waals surface area contributed by atoms with E-state index in [9.17, 15) is 4.39 Å². The smallest absolute Gasteiger partial charge is 0.123 e. The van der Waals surface area contributed by atoms with E-state index in [0.29, 0.717) is 0 Å². The van der Waals surface area contributed by atoms with Gasteiger partial charge >= 0.3 is 0 Å². The van der Waals surface area contributed by atoms with E-state index in [4.69, 9.17) is 5.11 Å². The zero-order valence-electron chi connectivity index (χ0n) is 11.2. The normalized spacial score (nSPS) is 13.2. The van der Waals surface area contributed by atoms with Crippen LogP contribution in [0.1, 0.15) is 12.6 Å². The summed E-state index contributed by atoms with van der Waals surface area (Å²) in [6, 6.07) is 10.2. The van der Waals surface area contributed by atoms with E-state index in [2.05, 4.69) is 4.98 Å². The average Bonchev–Trinajstić information content (AvgIpc) is 2.44. The number of hydrogen-bond donors (Lipinski definition) is 1. The molecule has 0 saturated carbocycles. The first-order valence-electron chi connectivity index (χ1n) is 6.40. The Kier molecular flexibility index (Phi) is 4.80. The lowest BCUT2D eigenvalue weighted by molar-refractivity contribution is 0.244. The molecule has 0 saturated heterocycles. The summed E-state index contributed by atoms with van der Waals surface area (Å²) in [7, 11) is 0. The van der Waals surface area contributed by atoms with E-state index < -0.39 is 6.10 Å². The Morgan fingerprint density at radius 3 is 2.65 bits per heavy atom. The van der Waals surface area contributed by atoms with Gasteiger partial charge in [0.15, 0.2) is 0 Å². The number of hydrogen-bond acceptors (Lipinski definition) is 2. The van der Waals surface area contributed by atoms with Crippen LogP contribution in [0.4, 0.5) is 4.39 Å². The molecule has 20 heavy (non-hydrogen) atoms. The number of benzene rings is 1. The Hall–Kier alpha value is -2.26. The number of aliphatic hydroxyl groups is 1. The Bertz CT molecular complexity index is 615. The molecule has 0 aliphatic heterocycles. The third kappa shape index (κ3) is 4.14. The van der Waals surface area contributed by atoms with Crippen LogP contribution < -0.4 is 0 Å². The van der Waals surface area contributed by atoms with Gasteiger partial charge in [-0.1, -0.05) is 36.4 Å². The summed E-state index contributed by atoms with van der Waals surface area (Å²) in [5.41, 5.74) is 2.49. The van der Waals surface area contributed by atoms with Crippen molar-refractivity contribution in [2.24, 2.45) is 0 Å². The molecule has 0 bridgehead atoms. The fourth-order valence-corrected chi connectivity index (χ4v) is 1.72. The van der Waals surface area contributed by atoms with Crippen LogP contribution in [0.5, 0.6) is 0 Å². The molecular formula is C17H16FNO. The van der Waals surface area contributed by atoms with Crippen LogP contribution in [0.25, 0.3) is 17.2 Å². The van der Waals surface area contributed by atoms with Gasteiger partial charge in [0.2, 0.25) is 0 Å². The van der Waals surface area contributed by atoms with Crippen LogP contribution >= 0.6 is 0 Å². The molecule has 0 spiro atoms. The molecule has 1 N–H and O–H groups in total. The molecule has 2 aromatic rings. The minimum absolute atomic E-state index is 0.255. The van der Waals surface area contributed by atoms with Crippen LogP contribution in [0.15, 0.2) is 60.8 Å². The van der Waals surface area contributed by atoms with Crippen molar-refractivity contribution in [3.05, 3.63) is 72.3 Å². The lowest BCUT2D eigenvalue weighted by Crippen LogP contribution is -1.90. The number of aliphatic hydroxyl groups excluding tert-OH is 1. The fourth-order valence-electron chi connectivity index (χ4n) is 1.72. The molecule has 0 amide bonds. The van der Waals surface area contributed by atoms with Crippen LogP contribution in [-0.2, 0) is 0 Å². The summed E-state index contributed by atoms with van der Waals surface area (Å²) < 4.78 is 13.1. The van der Waals surface area contributed by atoms with Crippen molar-refractivity contribution < 1.29 is 9.50 Å². The zero-order chi connectivity index (χ0) is 14.4. The van der Waals surface area contributed by atoms with Gasteiger partial charge in [-0.25, -0.2) is 4.39 Å². The Morgan fingerprint density at radius 1 is 1.15 bits per heavy atom. The van der Waals surface area contributed by atoms with Gasteiger partial charge in [0.25, 0.3) is 0 Å². The molecule has 1 heterocycles. The molecule has 2 nitrogen and oxygen atoms in total. The second-order valence-corrected chi connectivity index (χ2v) is 4.47. The highest BCUT2D eigenvalue weighted by Gasteiger charge is 1.99. The molecule has 2 rings (SSSR count). The maximum Gasteiger partial charge on any atom is 0.123 e. The van der Waals surface area contributed by atoms with Gasteiger partial charge in [0.05, 0.1) is 11.8 Å². The zero-order valence-corrected chi connectivity index (χ0v) is 11.2. The van der Waals surface area contributed by atoms with Crippen molar-refractivity contribution in [3.63, 3.8) is 0 Å². The Balaban J connectivity index is 2.10. The minimum atomic E-state index is -0.456. The predicted molar refractivity (Wildman–Crippen MR) is 79.5 cm³/mol. The van der Waals surface area contributed by atoms with Crippen LogP contribution in [0, 0.1) is 5.82 Å². The second-order valence-electron chi connectivity index (χ2n) is 4.47. The van der Waals surface area contributed by atoms with E-state index >= 15 is 0 Å². The monoisotopic (exact) mass is 269 g/mol. The molecule has 3 heteroatoms. The van der Waals surface area contributed by atoms with Crippen molar-refractivity contribution in [1.29, 1.82) is 0 Å². The van der Waals surface area contributed by atoms with Crippen LogP contribution in [0.3, 0.4) is 0 Å². The first kappa shape index (κ1) is 14.2. The predicted octanol–water partition coefficient (Wildman–Crippen LogP) is 3.84. The molecule has 102 valence electrons. The van der Waals surface area contributed by atoms with E-state index in [1.807, 2.05) is 30.4 Å². The summed E-state index contributed by atoms with van der Waals surface area (Å²) >= 11 is 0. The van der Waals surface area contributed by atoms with Gasteiger partial charge < -0.3 is 5.11 Å². The highest BCUT2D eigenvalue weighted by Crippen LogP contribution is 2.19. The Morgan fingerprint density at radius 2 is 2.00 bits per heavy atom. The minimum Gasteiger partial charge on any atom is -0.389 e. The van der Waals surface area contributed by atoms with Crippen molar-refractivity contribution >= 4 is 6.08 Å². The van der Waals surface area contributed by atoms with Crippen molar-refractivity contribution in [3.8, 4) is 11.1 Å². The van der Waals surface area contributed by atoms with Crippen LogP contribution in [0.2, 0.25) is 0 Å². The molecular weight excluding hydrogens is 253 g/mol. The van der Waals surface area contributed by atoms with Gasteiger partial charge in [0, 0.05) is 11.8 Å². The third-order valence-electron chi connectivity index (χ3n) is 2.71. The molecule has 0 aliphatic rings. The number of rotatable bonds is 4. The van der Waals surface area contributed by atoms with Gasteiger partial charge in [-0.05, 0) is 36.8 Å². The first-order chi connectivity index (χ1) is 9.65. The van der Waals surface area contributed by atoms with Crippen molar-refractivity contribution in [1.82, 2.24) is 4.98 Å². The highest BCUT2D eigenvalue weighted by atomic mass is 19.1. The average molecular weight is 269 g/mol. The molecule has 1 atom stereocenters. The van der Waals surface area contributed by atoms with Gasteiger partial charge in [-0.2, -0.15) is 0 Å². The standard InChI is InChI=1S/C17H16FNO/c1-13(20)5-2-3-8-17-10-9-15(12-19-17)14-6-4-7-16(18)11-14/h2-13,20H,1H3/b5-2-,8-3+/t13-/m1/s1. The van der Waals surface area contributed by atoms with E-state index in [0.717, 1.165) is 16.8 Å². The molecule has 0 radical (unpaired) electrons. The SMILES string of the molecule is C[C@@H](O)/C=C\C=C\c1ccc(-c2cccc(F)c2)cn1. The number of aromatic nitrogens is 1. The van der Waals surface area contributed by atoms with E-state index in [1.165, 1.54) is 12.1 Å². The molecule has 0 unspecified atom stereocenters. The molecule has 0 fully saturated rings. The van der Waals surface area contributed by atoms with E-state index in [1.54, 1.807) is 31.3 Å². The van der Waals surface area contributed by atoms with Crippen LogP contribution in [-0.4, -0.2) is 16.2 Å². The third-order valence-corrected chi connectivity index (χ3v) is 2.71. The second kappa shape index (κ2) is 6.78. The summed E-state index contributed by atoms with van der Waals surface area (Å²) in [5.74, 6) is -0.255. The largest absolute Gasteiger partial charge is 0.389 e. The van der Waals surface area contributed by atoms with Crippen molar-refractivity contribution in [2.45, 2.75) is 13.0 Å². The molecule has 1 aromatic carbocycles. The lowest BCUT2D eigenvalue weighted by Gasteiger charge is -2.01.